The molecule has 1 N–H and O–H groups in total. The van der Waals surface area contributed by atoms with Crippen molar-refractivity contribution in [1.82, 2.24) is 24.6 Å². The van der Waals surface area contributed by atoms with Crippen molar-refractivity contribution in [3.8, 4) is 11.4 Å². The summed E-state index contributed by atoms with van der Waals surface area (Å²) in [6, 6.07) is 14.0. The van der Waals surface area contributed by atoms with Crippen molar-refractivity contribution in [2.45, 2.75) is 36.2 Å². The zero-order chi connectivity index (χ0) is 24.4. The average Bonchev–Trinajstić information content (AvgIpc) is 3.43. The molecule has 4 aromatic rings. The zero-order valence-electron chi connectivity index (χ0n) is 20.2. The minimum Gasteiger partial charge on any atom is -0.361 e. The van der Waals surface area contributed by atoms with Crippen LogP contribution in [-0.4, -0.2) is 64.2 Å². The Kier molecular flexibility index (Phi) is 7.00. The molecule has 0 saturated heterocycles. The van der Waals surface area contributed by atoms with Gasteiger partial charge in [-0.2, -0.15) is 0 Å². The second-order valence-corrected chi connectivity index (χ2v) is 12.3. The highest BCUT2D eigenvalue weighted by Crippen LogP contribution is 2.29. The Morgan fingerprint density at radius 2 is 1.89 bits per heavy atom. The highest BCUT2D eigenvalue weighted by atomic mass is 32.2. The predicted molar refractivity (Wildman–Crippen MR) is 142 cm³/mol. The molecule has 9 heteroatoms. The molecule has 5 rings (SSSR count). The zero-order valence-corrected chi connectivity index (χ0v) is 21.8. The summed E-state index contributed by atoms with van der Waals surface area (Å²) >= 11 is 1.75. The molecule has 0 aliphatic carbocycles. The lowest BCUT2D eigenvalue weighted by molar-refractivity contribution is 0.289. The number of thioether (sulfide) groups is 1. The second-order valence-electron chi connectivity index (χ2n) is 8.99. The van der Waals surface area contributed by atoms with Crippen LogP contribution in [0.3, 0.4) is 0 Å². The molecule has 0 spiro atoms. The number of benzene rings is 2. The van der Waals surface area contributed by atoms with E-state index in [9.17, 15) is 8.42 Å². The molecule has 0 bridgehead atoms. The van der Waals surface area contributed by atoms with Crippen LogP contribution in [0.15, 0.2) is 58.7 Å². The molecule has 2 aromatic heterocycles. The molecule has 0 amide bonds. The van der Waals surface area contributed by atoms with E-state index in [2.05, 4.69) is 42.8 Å². The number of hydrogen-bond donors (Lipinski definition) is 1. The topological polar surface area (TPSA) is 83.9 Å². The lowest BCUT2D eigenvalue weighted by Crippen LogP contribution is -2.27. The van der Waals surface area contributed by atoms with Crippen LogP contribution in [-0.2, 0) is 29.7 Å². The maximum atomic E-state index is 12.3. The smallest absolute Gasteiger partial charge is 0.191 e. The molecule has 2 aromatic carbocycles. The third kappa shape index (κ3) is 5.03. The van der Waals surface area contributed by atoms with Gasteiger partial charge in [0.1, 0.15) is 0 Å². The molecule has 0 saturated carbocycles. The van der Waals surface area contributed by atoms with Crippen molar-refractivity contribution in [2.24, 2.45) is 7.05 Å². The number of fused-ring (bicyclic) bond motifs is 2. The van der Waals surface area contributed by atoms with E-state index in [1.54, 1.807) is 24.8 Å². The number of aromatic amines is 1. The molecule has 1 aliphatic heterocycles. The minimum atomic E-state index is -3.16. The Labute approximate surface area is 210 Å². The molecule has 184 valence electrons. The van der Waals surface area contributed by atoms with Gasteiger partial charge in [-0.1, -0.05) is 36.9 Å². The molecule has 0 fully saturated rings. The molecular weight excluding hydrogens is 478 g/mol. The van der Waals surface area contributed by atoms with Crippen LogP contribution in [0.2, 0.25) is 0 Å². The van der Waals surface area contributed by atoms with Gasteiger partial charge in [0.2, 0.25) is 0 Å². The van der Waals surface area contributed by atoms with E-state index < -0.39 is 9.84 Å². The van der Waals surface area contributed by atoms with Gasteiger partial charge in [0.15, 0.2) is 20.8 Å². The number of sulfone groups is 1. The van der Waals surface area contributed by atoms with Crippen molar-refractivity contribution < 1.29 is 8.42 Å². The first-order chi connectivity index (χ1) is 17.0. The Morgan fingerprint density at radius 1 is 1.06 bits per heavy atom. The van der Waals surface area contributed by atoms with E-state index in [0.29, 0.717) is 4.90 Å². The fourth-order valence-electron chi connectivity index (χ4n) is 4.74. The summed E-state index contributed by atoms with van der Waals surface area (Å²) in [5, 5.41) is 11.0. The third-order valence-electron chi connectivity index (χ3n) is 6.83. The summed E-state index contributed by atoms with van der Waals surface area (Å²) < 4.78 is 26.6. The van der Waals surface area contributed by atoms with E-state index in [4.69, 9.17) is 0 Å². The van der Waals surface area contributed by atoms with Crippen molar-refractivity contribution in [3.05, 3.63) is 59.8 Å². The number of hydrogen-bond acceptors (Lipinski definition) is 6. The van der Waals surface area contributed by atoms with Gasteiger partial charge in [0.05, 0.1) is 10.6 Å². The highest BCUT2D eigenvalue weighted by Gasteiger charge is 2.18. The Hall–Kier alpha value is -2.62. The maximum absolute atomic E-state index is 12.3. The first-order valence-electron chi connectivity index (χ1n) is 12.1. The number of nitrogens with one attached hydrogen (secondary N) is 1. The third-order valence-corrected chi connectivity index (χ3v) is 9.67. The molecule has 0 unspecified atom stereocenters. The lowest BCUT2D eigenvalue weighted by Gasteiger charge is -2.19. The van der Waals surface area contributed by atoms with Crippen molar-refractivity contribution >= 4 is 32.5 Å². The lowest BCUT2D eigenvalue weighted by atomic mass is 10.0. The number of nitrogens with zero attached hydrogens (tertiary/aromatic N) is 4. The Bertz CT molecular complexity index is 1440. The summed E-state index contributed by atoms with van der Waals surface area (Å²) in [5.41, 5.74) is 4.65. The SMILES string of the molecule is CCS(=O)(=O)c1ccc2c(c1)CCN(CCCSc1nnc(-c3cccc4[nH]ccc34)n1C)CC2. The molecule has 0 radical (unpaired) electrons. The quantitative estimate of drug-likeness (QED) is 0.281. The molecule has 7 nitrogen and oxygen atoms in total. The summed E-state index contributed by atoms with van der Waals surface area (Å²) in [6.07, 6.45) is 4.87. The van der Waals surface area contributed by atoms with E-state index in [0.717, 1.165) is 72.1 Å². The summed E-state index contributed by atoms with van der Waals surface area (Å²) in [5.74, 6) is 2.00. The molecule has 3 heterocycles. The minimum absolute atomic E-state index is 0.143. The maximum Gasteiger partial charge on any atom is 0.191 e. The molecular formula is C26H31N5O2S2. The van der Waals surface area contributed by atoms with Crippen LogP contribution in [0, 0.1) is 0 Å². The molecule has 1 aliphatic rings. The van der Waals surface area contributed by atoms with Crippen LogP contribution in [0.25, 0.3) is 22.3 Å². The highest BCUT2D eigenvalue weighted by molar-refractivity contribution is 7.99. The fraction of sp³-hybridized carbons (Fsp3) is 0.385. The van der Waals surface area contributed by atoms with E-state index in [-0.39, 0.29) is 5.75 Å². The van der Waals surface area contributed by atoms with Crippen LogP contribution in [0.1, 0.15) is 24.5 Å². The van der Waals surface area contributed by atoms with Gasteiger partial charge in [-0.3, -0.25) is 0 Å². The summed E-state index contributed by atoms with van der Waals surface area (Å²) in [7, 11) is -1.13. The van der Waals surface area contributed by atoms with Crippen LogP contribution >= 0.6 is 11.8 Å². The van der Waals surface area contributed by atoms with Gasteiger partial charge in [-0.15, -0.1) is 10.2 Å². The van der Waals surface area contributed by atoms with Gasteiger partial charge < -0.3 is 14.5 Å². The standard InChI is InChI=1S/C26H31N5O2S2/c1-3-35(32,33)21-9-8-19-11-15-31(16-12-20(19)18-21)14-5-17-34-26-29-28-25(30(26)2)23-6-4-7-24-22(23)10-13-27-24/h4,6-10,13,18,27H,3,5,11-12,14-17H2,1-2H3. The number of rotatable bonds is 8. The second kappa shape index (κ2) is 10.2. The molecule has 0 atom stereocenters. The first-order valence-corrected chi connectivity index (χ1v) is 14.8. The van der Waals surface area contributed by atoms with E-state index >= 15 is 0 Å². The van der Waals surface area contributed by atoms with Gasteiger partial charge in [-0.25, -0.2) is 8.42 Å². The van der Waals surface area contributed by atoms with Gasteiger partial charge in [-0.05, 0) is 61.2 Å². The summed E-state index contributed by atoms with van der Waals surface area (Å²) in [6.45, 7) is 4.69. The van der Waals surface area contributed by atoms with Crippen molar-refractivity contribution in [1.29, 1.82) is 0 Å². The largest absolute Gasteiger partial charge is 0.361 e. The van der Waals surface area contributed by atoms with Crippen LogP contribution < -0.4 is 0 Å². The first kappa shape index (κ1) is 24.1. The van der Waals surface area contributed by atoms with Gasteiger partial charge in [0.25, 0.3) is 0 Å². The van der Waals surface area contributed by atoms with Gasteiger partial charge in [0, 0.05) is 48.6 Å². The van der Waals surface area contributed by atoms with E-state index in [1.807, 2.05) is 31.4 Å². The van der Waals surface area contributed by atoms with Gasteiger partial charge >= 0.3 is 0 Å². The van der Waals surface area contributed by atoms with Crippen molar-refractivity contribution in [2.75, 3.05) is 31.1 Å². The Balaban J connectivity index is 1.16. The van der Waals surface area contributed by atoms with Crippen molar-refractivity contribution in [3.63, 3.8) is 0 Å². The number of H-pyrrole nitrogens is 1. The summed E-state index contributed by atoms with van der Waals surface area (Å²) in [4.78, 5) is 6.20. The number of aromatic nitrogens is 4. The Morgan fingerprint density at radius 3 is 2.71 bits per heavy atom. The average molecular weight is 510 g/mol. The fourth-order valence-corrected chi connectivity index (χ4v) is 6.50. The molecule has 35 heavy (non-hydrogen) atoms. The predicted octanol–water partition coefficient (Wildman–Crippen LogP) is 4.34. The van der Waals surface area contributed by atoms with Crippen LogP contribution in [0.4, 0.5) is 0 Å². The van der Waals surface area contributed by atoms with Crippen LogP contribution in [0.5, 0.6) is 0 Å². The van der Waals surface area contributed by atoms with E-state index in [1.165, 1.54) is 11.1 Å². The normalized spacial score (nSPS) is 14.8. The monoisotopic (exact) mass is 509 g/mol.